The molecular formula is C48H46N6O11S. The van der Waals surface area contributed by atoms with Crippen molar-refractivity contribution in [2.75, 3.05) is 18.6 Å². The van der Waals surface area contributed by atoms with Gasteiger partial charge in [0.15, 0.2) is 0 Å². The van der Waals surface area contributed by atoms with Crippen LogP contribution < -0.4 is 25.5 Å². The molecule has 0 saturated heterocycles. The molecule has 340 valence electrons. The number of para-hydroxylation sites is 1. The average molecular weight is 915 g/mol. The number of carboxylic acid groups (broad SMARTS) is 2. The molecule has 0 saturated carbocycles. The highest BCUT2D eigenvalue weighted by Crippen LogP contribution is 2.29. The van der Waals surface area contributed by atoms with E-state index >= 15 is 0 Å². The zero-order chi connectivity index (χ0) is 46.9. The predicted molar refractivity (Wildman–Crippen MR) is 245 cm³/mol. The maximum absolute atomic E-state index is 13.4. The highest BCUT2D eigenvalue weighted by atomic mass is 32.2. The molecule has 6 N–H and O–H groups in total. The molecule has 2 aromatic heterocycles. The fraction of sp³-hybridized carbons (Fsp3) is 0.188. The number of aromatic nitrogens is 2. The second kappa shape index (κ2) is 23.1. The lowest BCUT2D eigenvalue weighted by molar-refractivity contribution is -0.142. The van der Waals surface area contributed by atoms with E-state index in [2.05, 4.69) is 26.1 Å². The molecule has 2 atom stereocenters. The van der Waals surface area contributed by atoms with E-state index in [9.17, 15) is 42.4 Å². The molecule has 18 heteroatoms. The minimum atomic E-state index is -4.50. The summed E-state index contributed by atoms with van der Waals surface area (Å²) >= 11 is 0. The van der Waals surface area contributed by atoms with Crippen LogP contribution in [0.25, 0.3) is 22.4 Å². The number of hydrogen-bond acceptors (Lipinski definition) is 12. The topological polar surface area (TPSA) is 256 Å². The first-order valence-corrected chi connectivity index (χ1v) is 22.1. The van der Waals surface area contributed by atoms with Gasteiger partial charge in [-0.1, -0.05) is 97.1 Å². The van der Waals surface area contributed by atoms with Gasteiger partial charge in [-0.25, -0.2) is 14.8 Å². The van der Waals surface area contributed by atoms with Crippen LogP contribution in [0.4, 0.5) is 5.82 Å². The smallest absolute Gasteiger partial charge is 0.326 e. The zero-order valence-electron chi connectivity index (χ0n) is 35.3. The molecular weight excluding hydrogens is 869 g/mol. The van der Waals surface area contributed by atoms with E-state index in [0.29, 0.717) is 36.8 Å². The standard InChI is InChI=1S/C48H46N6O11S/c55-45(56)29-39(52-46(57)36-22-23-43(49-30-36)54-50-31-35-19-9-11-21-42(35)66(61,62)63)47(58)53-40(48(59)60)26-34-18-8-10-20-41(34)64-24-12-3-13-25-65-44-28-37(32-14-4-1-5-15-32)27-38(51-44)33-16-6-2-7-17-33/h1-2,4-11,14-23,27-28,30-31,39-40H,3,12-13,24-26,29H2,(H,49,54)(H,52,57)(H,53,58)(H,55,56)(H,59,60)(H,61,62,63)/b50-31+. The van der Waals surface area contributed by atoms with Gasteiger partial charge in [-0.2, -0.15) is 13.5 Å². The van der Waals surface area contributed by atoms with Gasteiger partial charge >= 0.3 is 11.9 Å². The van der Waals surface area contributed by atoms with Gasteiger partial charge in [-0.05, 0) is 66.3 Å². The summed E-state index contributed by atoms with van der Waals surface area (Å²) in [6.45, 7) is 0.746. The molecule has 66 heavy (non-hydrogen) atoms. The van der Waals surface area contributed by atoms with E-state index in [0.717, 1.165) is 47.6 Å². The molecule has 0 bridgehead atoms. The summed E-state index contributed by atoms with van der Waals surface area (Å²) < 4.78 is 44.8. The van der Waals surface area contributed by atoms with E-state index in [1.165, 1.54) is 30.3 Å². The highest BCUT2D eigenvalue weighted by molar-refractivity contribution is 7.86. The van der Waals surface area contributed by atoms with Gasteiger partial charge in [0.25, 0.3) is 16.0 Å². The van der Waals surface area contributed by atoms with Crippen molar-refractivity contribution in [1.29, 1.82) is 0 Å². The normalized spacial score (nSPS) is 12.1. The number of nitrogens with zero attached hydrogens (tertiary/aromatic N) is 3. The Labute approximate surface area is 380 Å². The first kappa shape index (κ1) is 47.5. The number of carbonyl (C=O) groups is 4. The third-order valence-corrected chi connectivity index (χ3v) is 10.8. The number of amides is 2. The summed E-state index contributed by atoms with van der Waals surface area (Å²) in [6, 6.07) is 35.7. The van der Waals surface area contributed by atoms with Gasteiger partial charge in [-0.15, -0.1) is 0 Å². The Hall–Kier alpha value is -7.96. The van der Waals surface area contributed by atoms with E-state index in [-0.39, 0.29) is 28.3 Å². The summed E-state index contributed by atoms with van der Waals surface area (Å²) in [6.07, 6.45) is 3.34. The third-order valence-electron chi connectivity index (χ3n) is 9.89. The van der Waals surface area contributed by atoms with Crippen LogP contribution in [0.3, 0.4) is 0 Å². The Morgan fingerprint density at radius 1 is 0.712 bits per heavy atom. The van der Waals surface area contributed by atoms with Crippen LogP contribution in [0.15, 0.2) is 150 Å². The maximum atomic E-state index is 13.4. The number of nitrogens with one attached hydrogen (secondary N) is 3. The number of aliphatic carboxylic acids is 2. The van der Waals surface area contributed by atoms with Crippen LogP contribution in [0.5, 0.6) is 11.6 Å². The molecule has 17 nitrogen and oxygen atoms in total. The van der Waals surface area contributed by atoms with Crippen LogP contribution in [-0.4, -0.2) is 88.4 Å². The lowest BCUT2D eigenvalue weighted by Gasteiger charge is -2.21. The summed E-state index contributed by atoms with van der Waals surface area (Å²) in [5, 5.41) is 28.2. The Balaban J connectivity index is 0.991. The number of rotatable bonds is 23. The number of carboxylic acids is 2. The van der Waals surface area contributed by atoms with Crippen molar-refractivity contribution in [2.45, 2.75) is 49.1 Å². The van der Waals surface area contributed by atoms with Gasteiger partial charge in [-0.3, -0.25) is 24.4 Å². The molecule has 0 fully saturated rings. The number of pyridine rings is 2. The van der Waals surface area contributed by atoms with Crippen LogP contribution >= 0.6 is 0 Å². The molecule has 0 spiro atoms. The lowest BCUT2D eigenvalue weighted by atomic mass is 10.0. The van der Waals surface area contributed by atoms with Crippen molar-refractivity contribution in [3.63, 3.8) is 0 Å². The summed E-state index contributed by atoms with van der Waals surface area (Å²) in [4.78, 5) is 59.0. The molecule has 0 aliphatic carbocycles. The molecule has 6 aromatic rings. The number of unbranched alkanes of at least 4 members (excludes halogenated alkanes) is 2. The summed E-state index contributed by atoms with van der Waals surface area (Å²) in [5.74, 6) is -3.67. The number of ether oxygens (including phenoxy) is 2. The average Bonchev–Trinajstić information content (AvgIpc) is 3.31. The van der Waals surface area contributed by atoms with Crippen molar-refractivity contribution in [3.8, 4) is 34.0 Å². The van der Waals surface area contributed by atoms with Crippen molar-refractivity contribution < 1.29 is 51.8 Å². The van der Waals surface area contributed by atoms with Gasteiger partial charge in [0, 0.05) is 29.8 Å². The highest BCUT2D eigenvalue weighted by Gasteiger charge is 2.29. The summed E-state index contributed by atoms with van der Waals surface area (Å²) in [5.41, 5.74) is 6.89. The SMILES string of the molecule is O=C(O)CC(NC(=O)c1ccc(N/N=C/c2ccccc2S(=O)(=O)O)nc1)C(=O)NC(Cc1ccccc1OCCCCCOc1cc(-c2ccccc2)cc(-c2ccccc2)n1)C(=O)O. The third kappa shape index (κ3) is 14.0. The van der Waals surface area contributed by atoms with E-state index in [4.69, 9.17) is 14.5 Å². The van der Waals surface area contributed by atoms with Gasteiger partial charge in [0.2, 0.25) is 11.8 Å². The van der Waals surface area contributed by atoms with Gasteiger partial charge < -0.3 is 30.3 Å². The fourth-order valence-corrected chi connectivity index (χ4v) is 7.26. The van der Waals surface area contributed by atoms with Crippen LogP contribution in [-0.2, 0) is 30.9 Å². The van der Waals surface area contributed by atoms with Crippen molar-refractivity contribution in [1.82, 2.24) is 20.6 Å². The second-order valence-electron chi connectivity index (χ2n) is 14.7. The Morgan fingerprint density at radius 3 is 2.06 bits per heavy atom. The molecule has 6 rings (SSSR count). The first-order chi connectivity index (χ1) is 31.8. The first-order valence-electron chi connectivity index (χ1n) is 20.7. The lowest BCUT2D eigenvalue weighted by Crippen LogP contribution is -2.53. The van der Waals surface area contributed by atoms with Crippen LogP contribution in [0.2, 0.25) is 0 Å². The van der Waals surface area contributed by atoms with Crippen molar-refractivity contribution >= 4 is 45.9 Å². The fourth-order valence-electron chi connectivity index (χ4n) is 6.59. The molecule has 2 unspecified atom stereocenters. The van der Waals surface area contributed by atoms with Crippen LogP contribution in [0.1, 0.15) is 47.2 Å². The molecule has 0 radical (unpaired) electrons. The van der Waals surface area contributed by atoms with E-state index in [1.54, 1.807) is 30.3 Å². The number of anilines is 1. The predicted octanol–water partition coefficient (Wildman–Crippen LogP) is 6.52. The maximum Gasteiger partial charge on any atom is 0.326 e. The number of hydrazone groups is 1. The Morgan fingerprint density at radius 2 is 1.38 bits per heavy atom. The van der Waals surface area contributed by atoms with Gasteiger partial charge in [0.05, 0.1) is 37.1 Å². The van der Waals surface area contributed by atoms with Gasteiger partial charge in [0.1, 0.15) is 28.5 Å². The van der Waals surface area contributed by atoms with Crippen molar-refractivity contribution in [2.24, 2.45) is 5.10 Å². The minimum absolute atomic E-state index is 0.0686. The zero-order valence-corrected chi connectivity index (χ0v) is 36.1. The van der Waals surface area contributed by atoms with Crippen molar-refractivity contribution in [3.05, 3.63) is 156 Å². The second-order valence-corrected chi connectivity index (χ2v) is 16.1. The quantitative estimate of drug-likeness (QED) is 0.0173. The Kier molecular flexibility index (Phi) is 16.6. The minimum Gasteiger partial charge on any atom is -0.493 e. The van der Waals surface area contributed by atoms with E-state index in [1.807, 2.05) is 72.8 Å². The number of hydrogen-bond donors (Lipinski definition) is 6. The largest absolute Gasteiger partial charge is 0.493 e. The number of carbonyl (C=O) groups excluding carboxylic acids is 2. The molecule has 0 aliphatic rings. The molecule has 0 aliphatic heterocycles. The molecule has 2 amide bonds. The molecule has 4 aromatic carbocycles. The molecule has 2 heterocycles. The summed E-state index contributed by atoms with van der Waals surface area (Å²) in [7, 11) is -4.50. The van der Waals surface area contributed by atoms with Crippen LogP contribution in [0, 0.1) is 0 Å². The Bertz CT molecular complexity index is 2700. The van der Waals surface area contributed by atoms with E-state index < -0.39 is 52.4 Å². The monoisotopic (exact) mass is 914 g/mol. The number of benzene rings is 4.